The lowest BCUT2D eigenvalue weighted by molar-refractivity contribution is 1.03. The van der Waals surface area contributed by atoms with Gasteiger partial charge < -0.3 is 10.2 Å². The molecule has 4 rings (SSSR count). The molecule has 0 aromatic heterocycles. The Labute approximate surface area is 178 Å². The Morgan fingerprint density at radius 3 is 2.32 bits per heavy atom. The highest BCUT2D eigenvalue weighted by atomic mass is 35.5. The Kier molecular flexibility index (Phi) is 5.16. The molecular formula is C22H17Cl2N3S. The second-order valence-electron chi connectivity index (χ2n) is 6.65. The van der Waals surface area contributed by atoms with Crippen molar-refractivity contribution in [3.8, 4) is 6.07 Å². The molecule has 0 spiro atoms. The number of rotatable bonds is 2. The predicted octanol–water partition coefficient (Wildman–Crippen LogP) is 6.99. The number of hydrogen-bond acceptors (Lipinski definition) is 4. The Morgan fingerprint density at radius 1 is 1.07 bits per heavy atom. The summed E-state index contributed by atoms with van der Waals surface area (Å²) in [4.78, 5) is 3.24. The summed E-state index contributed by atoms with van der Waals surface area (Å²) in [6.07, 6.45) is 4.07. The summed E-state index contributed by atoms with van der Waals surface area (Å²) in [5.41, 5.74) is 5.60. The average Bonchev–Trinajstić information content (AvgIpc) is 3.04. The molecule has 0 radical (unpaired) electrons. The monoisotopic (exact) mass is 425 g/mol. The van der Waals surface area contributed by atoms with E-state index in [0.717, 1.165) is 33.2 Å². The van der Waals surface area contributed by atoms with Crippen LogP contribution in [0.15, 0.2) is 82.1 Å². The van der Waals surface area contributed by atoms with Crippen molar-refractivity contribution >= 4 is 46.3 Å². The van der Waals surface area contributed by atoms with Crippen LogP contribution in [0, 0.1) is 11.3 Å². The Hall–Kier alpha value is -2.32. The summed E-state index contributed by atoms with van der Waals surface area (Å²) in [6.45, 7) is 4.04. The maximum absolute atomic E-state index is 9.88. The van der Waals surface area contributed by atoms with Crippen LogP contribution in [0.1, 0.15) is 13.8 Å². The molecule has 140 valence electrons. The van der Waals surface area contributed by atoms with Crippen molar-refractivity contribution in [3.63, 3.8) is 0 Å². The van der Waals surface area contributed by atoms with Gasteiger partial charge in [-0.05, 0) is 61.9 Å². The highest BCUT2D eigenvalue weighted by molar-refractivity contribution is 8.00. The number of benzene rings is 2. The number of anilines is 2. The van der Waals surface area contributed by atoms with Crippen LogP contribution >= 0.6 is 35.0 Å². The quantitative estimate of drug-likeness (QED) is 0.526. The molecule has 28 heavy (non-hydrogen) atoms. The highest BCUT2D eigenvalue weighted by Gasteiger charge is 2.27. The van der Waals surface area contributed by atoms with Gasteiger partial charge in [-0.25, -0.2) is 0 Å². The summed E-state index contributed by atoms with van der Waals surface area (Å²) < 4.78 is 0. The van der Waals surface area contributed by atoms with Crippen molar-refractivity contribution in [1.29, 1.82) is 5.26 Å². The molecule has 6 heteroatoms. The number of thioether (sulfide) groups is 1. The minimum Gasteiger partial charge on any atom is -0.368 e. The van der Waals surface area contributed by atoms with Gasteiger partial charge in [-0.3, -0.25) is 0 Å². The average molecular weight is 426 g/mol. The van der Waals surface area contributed by atoms with E-state index in [1.807, 2.05) is 56.3 Å². The Bertz CT molecular complexity index is 1030. The standard InChI is InChI=1S/C22H17Cl2N3S/c1-13-7-15(8-14(2)27(13)18-10-16(23)9-17(24)11-18)19(12-25)22-26-20-5-3-4-6-21(20)28-22/h3-11,22,26H,1-2H3. The molecule has 1 unspecified atom stereocenters. The predicted molar refractivity (Wildman–Crippen MR) is 119 cm³/mol. The molecule has 1 atom stereocenters. The largest absolute Gasteiger partial charge is 0.368 e. The molecule has 0 saturated heterocycles. The van der Waals surface area contributed by atoms with Gasteiger partial charge in [0.1, 0.15) is 5.37 Å². The molecular weight excluding hydrogens is 409 g/mol. The van der Waals surface area contributed by atoms with E-state index < -0.39 is 0 Å². The van der Waals surface area contributed by atoms with Crippen LogP contribution in [-0.4, -0.2) is 5.37 Å². The molecule has 0 bridgehead atoms. The van der Waals surface area contributed by atoms with E-state index in [1.165, 1.54) is 0 Å². The highest BCUT2D eigenvalue weighted by Crippen LogP contribution is 2.42. The Morgan fingerprint density at radius 2 is 1.71 bits per heavy atom. The molecule has 0 fully saturated rings. The second kappa shape index (κ2) is 7.60. The zero-order chi connectivity index (χ0) is 19.8. The number of para-hydroxylation sites is 1. The van der Waals surface area contributed by atoms with Gasteiger partial charge in [-0.1, -0.05) is 47.1 Å². The second-order valence-corrected chi connectivity index (χ2v) is 8.67. The number of nitrogens with one attached hydrogen (secondary N) is 1. The fraction of sp³-hybridized carbons (Fsp3) is 0.136. The molecule has 0 aliphatic carbocycles. The van der Waals surface area contributed by atoms with Crippen LogP contribution < -0.4 is 10.2 Å². The van der Waals surface area contributed by atoms with Crippen molar-refractivity contribution in [2.24, 2.45) is 0 Å². The van der Waals surface area contributed by atoms with Gasteiger partial charge in [0, 0.05) is 37.7 Å². The first-order chi connectivity index (χ1) is 13.5. The molecule has 2 aromatic rings. The van der Waals surface area contributed by atoms with Gasteiger partial charge in [0.2, 0.25) is 0 Å². The number of hydrogen-bond donors (Lipinski definition) is 1. The molecule has 2 heterocycles. The minimum absolute atomic E-state index is 0.0994. The van der Waals surface area contributed by atoms with Gasteiger partial charge >= 0.3 is 0 Å². The molecule has 2 aliphatic heterocycles. The van der Waals surface area contributed by atoms with Crippen LogP contribution in [0.2, 0.25) is 10.0 Å². The number of fused-ring (bicyclic) bond motifs is 1. The summed E-state index contributed by atoms with van der Waals surface area (Å²) in [5.74, 6) is 0. The lowest BCUT2D eigenvalue weighted by Crippen LogP contribution is -2.23. The fourth-order valence-electron chi connectivity index (χ4n) is 3.52. The Balaban J connectivity index is 1.70. The van der Waals surface area contributed by atoms with Gasteiger partial charge in [0.25, 0.3) is 0 Å². The SMILES string of the molecule is CC1=CC(=C(C#N)C2Nc3ccccc3S2)C=C(C)N1c1cc(Cl)cc(Cl)c1. The van der Waals surface area contributed by atoms with Crippen molar-refractivity contribution < 1.29 is 0 Å². The zero-order valence-corrected chi connectivity index (χ0v) is 17.7. The lowest BCUT2D eigenvalue weighted by Gasteiger charge is -2.30. The minimum atomic E-state index is -0.0994. The fourth-order valence-corrected chi connectivity index (χ4v) is 5.19. The smallest absolute Gasteiger partial charge is 0.113 e. The van der Waals surface area contributed by atoms with Gasteiger partial charge in [-0.2, -0.15) is 5.26 Å². The number of nitrogens with zero attached hydrogens (tertiary/aromatic N) is 2. The summed E-state index contributed by atoms with van der Waals surface area (Å²) in [7, 11) is 0. The molecule has 0 saturated carbocycles. The normalized spacial score (nSPS) is 18.0. The molecule has 0 amide bonds. The topological polar surface area (TPSA) is 39.1 Å². The third-order valence-electron chi connectivity index (χ3n) is 4.65. The van der Waals surface area contributed by atoms with Gasteiger partial charge in [0.15, 0.2) is 0 Å². The first-order valence-corrected chi connectivity index (χ1v) is 10.4. The van der Waals surface area contributed by atoms with Crippen LogP contribution in [0.25, 0.3) is 0 Å². The number of nitriles is 1. The number of allylic oxidation sites excluding steroid dienone is 5. The third-order valence-corrected chi connectivity index (χ3v) is 6.29. The van der Waals surface area contributed by atoms with E-state index in [2.05, 4.69) is 22.4 Å². The van der Waals surface area contributed by atoms with Crippen molar-refractivity contribution in [1.82, 2.24) is 0 Å². The maximum atomic E-state index is 9.88. The van der Waals surface area contributed by atoms with Crippen LogP contribution in [0.3, 0.4) is 0 Å². The van der Waals surface area contributed by atoms with E-state index in [-0.39, 0.29) is 5.37 Å². The van der Waals surface area contributed by atoms with Crippen molar-refractivity contribution in [3.05, 3.63) is 87.2 Å². The summed E-state index contributed by atoms with van der Waals surface area (Å²) in [5, 5.41) is 14.4. The lowest BCUT2D eigenvalue weighted by atomic mass is 10.0. The maximum Gasteiger partial charge on any atom is 0.113 e. The summed E-state index contributed by atoms with van der Waals surface area (Å²) in [6, 6.07) is 16.0. The zero-order valence-electron chi connectivity index (χ0n) is 15.3. The van der Waals surface area contributed by atoms with E-state index in [4.69, 9.17) is 23.2 Å². The molecule has 3 nitrogen and oxygen atoms in total. The number of halogens is 2. The van der Waals surface area contributed by atoms with Gasteiger partial charge in [0.05, 0.1) is 11.6 Å². The van der Waals surface area contributed by atoms with E-state index in [0.29, 0.717) is 15.6 Å². The first-order valence-electron chi connectivity index (χ1n) is 8.75. The van der Waals surface area contributed by atoms with E-state index >= 15 is 0 Å². The van der Waals surface area contributed by atoms with E-state index in [9.17, 15) is 5.26 Å². The summed E-state index contributed by atoms with van der Waals surface area (Å²) >= 11 is 14.0. The third kappa shape index (κ3) is 3.54. The van der Waals surface area contributed by atoms with Crippen LogP contribution in [0.5, 0.6) is 0 Å². The first kappa shape index (κ1) is 19.0. The van der Waals surface area contributed by atoms with Crippen LogP contribution in [0.4, 0.5) is 11.4 Å². The van der Waals surface area contributed by atoms with Crippen LogP contribution in [-0.2, 0) is 0 Å². The van der Waals surface area contributed by atoms with Gasteiger partial charge in [-0.15, -0.1) is 0 Å². The van der Waals surface area contributed by atoms with E-state index in [1.54, 1.807) is 17.8 Å². The molecule has 1 N–H and O–H groups in total. The molecule has 2 aliphatic rings. The molecule has 2 aromatic carbocycles. The van der Waals surface area contributed by atoms with Crippen molar-refractivity contribution in [2.45, 2.75) is 24.1 Å². The van der Waals surface area contributed by atoms with Crippen molar-refractivity contribution in [2.75, 3.05) is 10.2 Å².